The topological polar surface area (TPSA) is 15.3 Å². The molecule has 1 aliphatic heterocycles. The highest BCUT2D eigenvalue weighted by Crippen LogP contribution is 2.29. The zero-order valence-electron chi connectivity index (χ0n) is 11.0. The molecule has 3 rings (SSSR count). The van der Waals surface area contributed by atoms with Crippen LogP contribution in [0.4, 0.5) is 14.5 Å². The van der Waals surface area contributed by atoms with Gasteiger partial charge < -0.3 is 10.2 Å². The number of hydrogen-bond donors (Lipinski definition) is 1. The summed E-state index contributed by atoms with van der Waals surface area (Å²) in [6.07, 6.45) is 0. The molecular formula is C16H16F2N2. The molecule has 0 saturated carbocycles. The van der Waals surface area contributed by atoms with E-state index in [2.05, 4.69) is 10.2 Å². The van der Waals surface area contributed by atoms with Crippen LogP contribution < -0.4 is 10.2 Å². The second-order valence-corrected chi connectivity index (χ2v) is 4.91. The van der Waals surface area contributed by atoms with Gasteiger partial charge in [0.15, 0.2) is 0 Å². The fraction of sp³-hybridized carbons (Fsp3) is 0.250. The number of hydrogen-bond acceptors (Lipinski definition) is 2. The minimum atomic E-state index is -0.258. The molecule has 0 aliphatic carbocycles. The first-order chi connectivity index (χ1) is 9.75. The summed E-state index contributed by atoms with van der Waals surface area (Å²) in [4.78, 5) is 2.12. The lowest BCUT2D eigenvalue weighted by Gasteiger charge is -2.38. The van der Waals surface area contributed by atoms with E-state index in [4.69, 9.17) is 0 Å². The Morgan fingerprint density at radius 1 is 1.00 bits per heavy atom. The van der Waals surface area contributed by atoms with Crippen LogP contribution in [0.25, 0.3) is 0 Å². The molecule has 2 aromatic carbocycles. The van der Waals surface area contributed by atoms with E-state index in [9.17, 15) is 8.78 Å². The van der Waals surface area contributed by atoms with Gasteiger partial charge in [-0.3, -0.25) is 0 Å². The smallest absolute Gasteiger partial charge is 0.128 e. The first kappa shape index (κ1) is 13.1. The number of nitrogens with one attached hydrogen (secondary N) is 1. The highest BCUT2D eigenvalue weighted by molar-refractivity contribution is 5.50. The van der Waals surface area contributed by atoms with Crippen molar-refractivity contribution in [1.29, 1.82) is 0 Å². The van der Waals surface area contributed by atoms with Crippen molar-refractivity contribution in [3.8, 4) is 0 Å². The van der Waals surface area contributed by atoms with Crippen molar-refractivity contribution in [2.24, 2.45) is 0 Å². The van der Waals surface area contributed by atoms with E-state index in [-0.39, 0.29) is 17.7 Å². The van der Waals surface area contributed by atoms with Gasteiger partial charge in [-0.15, -0.1) is 0 Å². The summed E-state index contributed by atoms with van der Waals surface area (Å²) in [7, 11) is 0. The molecule has 1 heterocycles. The monoisotopic (exact) mass is 274 g/mol. The van der Waals surface area contributed by atoms with Crippen molar-refractivity contribution in [3.63, 3.8) is 0 Å². The Hall–Kier alpha value is -1.94. The first-order valence-electron chi connectivity index (χ1n) is 6.73. The van der Waals surface area contributed by atoms with Crippen LogP contribution in [0.5, 0.6) is 0 Å². The van der Waals surface area contributed by atoms with Gasteiger partial charge in [0.05, 0.1) is 6.04 Å². The van der Waals surface area contributed by atoms with Gasteiger partial charge in [0.1, 0.15) is 11.6 Å². The molecule has 1 fully saturated rings. The number of anilines is 1. The molecule has 20 heavy (non-hydrogen) atoms. The molecule has 0 amide bonds. The zero-order valence-corrected chi connectivity index (χ0v) is 11.0. The van der Waals surface area contributed by atoms with Gasteiger partial charge in [-0.25, -0.2) is 8.78 Å². The van der Waals surface area contributed by atoms with Gasteiger partial charge in [-0.05, 0) is 30.3 Å². The fourth-order valence-corrected chi connectivity index (χ4v) is 2.67. The average Bonchev–Trinajstić information content (AvgIpc) is 2.49. The summed E-state index contributed by atoms with van der Waals surface area (Å²) >= 11 is 0. The number of nitrogens with zero attached hydrogens (tertiary/aromatic N) is 1. The summed E-state index contributed by atoms with van der Waals surface area (Å²) in [5.41, 5.74) is 1.59. The van der Waals surface area contributed by atoms with Crippen LogP contribution in [-0.4, -0.2) is 19.6 Å². The highest BCUT2D eigenvalue weighted by atomic mass is 19.1. The maximum atomic E-state index is 14.0. The Labute approximate surface area is 117 Å². The van der Waals surface area contributed by atoms with E-state index >= 15 is 0 Å². The van der Waals surface area contributed by atoms with Crippen molar-refractivity contribution in [3.05, 3.63) is 65.7 Å². The summed E-state index contributed by atoms with van der Waals surface area (Å²) in [6.45, 7) is 2.28. The third-order valence-electron chi connectivity index (χ3n) is 3.67. The van der Waals surface area contributed by atoms with Gasteiger partial charge in [-0.1, -0.05) is 18.2 Å². The molecule has 0 bridgehead atoms. The fourth-order valence-electron chi connectivity index (χ4n) is 2.67. The second kappa shape index (κ2) is 5.59. The van der Waals surface area contributed by atoms with Crippen LogP contribution in [-0.2, 0) is 0 Å². The van der Waals surface area contributed by atoms with Crippen LogP contribution in [0.1, 0.15) is 11.6 Å². The van der Waals surface area contributed by atoms with E-state index in [0.717, 1.165) is 18.8 Å². The highest BCUT2D eigenvalue weighted by Gasteiger charge is 2.26. The minimum Gasteiger partial charge on any atom is -0.362 e. The van der Waals surface area contributed by atoms with Crippen molar-refractivity contribution in [1.82, 2.24) is 5.32 Å². The number of benzene rings is 2. The van der Waals surface area contributed by atoms with Gasteiger partial charge in [0, 0.05) is 30.9 Å². The Morgan fingerprint density at radius 2 is 1.75 bits per heavy atom. The lowest BCUT2D eigenvalue weighted by Crippen LogP contribution is -2.46. The predicted octanol–water partition coefficient (Wildman–Crippen LogP) is 3.12. The Balaban J connectivity index is 1.95. The van der Waals surface area contributed by atoms with Crippen LogP contribution in [0.15, 0.2) is 48.5 Å². The van der Waals surface area contributed by atoms with Crippen molar-refractivity contribution >= 4 is 5.69 Å². The lowest BCUT2D eigenvalue weighted by molar-refractivity contribution is 0.470. The molecule has 4 heteroatoms. The van der Waals surface area contributed by atoms with Crippen molar-refractivity contribution < 1.29 is 8.78 Å². The predicted molar refractivity (Wildman–Crippen MR) is 75.8 cm³/mol. The normalized spacial score (nSPS) is 19.1. The summed E-state index contributed by atoms with van der Waals surface area (Å²) in [6, 6.07) is 13.1. The number of halogens is 2. The average molecular weight is 274 g/mol. The lowest BCUT2D eigenvalue weighted by atomic mass is 10.0. The summed E-state index contributed by atoms with van der Waals surface area (Å²) in [5, 5.41) is 3.29. The largest absolute Gasteiger partial charge is 0.362 e. The van der Waals surface area contributed by atoms with Crippen LogP contribution >= 0.6 is 0 Å². The van der Waals surface area contributed by atoms with E-state index in [1.165, 1.54) is 18.2 Å². The van der Waals surface area contributed by atoms with Crippen LogP contribution in [0.3, 0.4) is 0 Å². The molecule has 1 unspecified atom stereocenters. The molecule has 104 valence electrons. The standard InChI is InChI=1S/C16H16F2N2/c17-12-5-7-13(8-6-12)20-10-9-19-11-16(20)14-3-1-2-4-15(14)18/h1-8,16,19H,9-11H2. The molecule has 1 aliphatic rings. The van der Waals surface area contributed by atoms with E-state index in [1.807, 2.05) is 12.1 Å². The maximum Gasteiger partial charge on any atom is 0.128 e. The molecule has 0 spiro atoms. The van der Waals surface area contributed by atoms with Gasteiger partial charge in [0.2, 0.25) is 0 Å². The maximum absolute atomic E-state index is 14.0. The summed E-state index contributed by atoms with van der Waals surface area (Å²) in [5.74, 6) is -0.459. The molecule has 1 N–H and O–H groups in total. The molecule has 2 aromatic rings. The second-order valence-electron chi connectivity index (χ2n) is 4.91. The molecule has 1 saturated heterocycles. The van der Waals surface area contributed by atoms with E-state index < -0.39 is 0 Å². The third-order valence-corrected chi connectivity index (χ3v) is 3.67. The minimum absolute atomic E-state index is 0.0737. The Kier molecular flexibility index (Phi) is 3.65. The Bertz CT molecular complexity index is 583. The summed E-state index contributed by atoms with van der Waals surface area (Å²) < 4.78 is 27.1. The zero-order chi connectivity index (χ0) is 13.9. The van der Waals surface area contributed by atoms with Gasteiger partial charge in [0.25, 0.3) is 0 Å². The Morgan fingerprint density at radius 3 is 2.50 bits per heavy atom. The third kappa shape index (κ3) is 2.51. The van der Waals surface area contributed by atoms with Crippen molar-refractivity contribution in [2.75, 3.05) is 24.5 Å². The van der Waals surface area contributed by atoms with Gasteiger partial charge >= 0.3 is 0 Å². The number of rotatable bonds is 2. The quantitative estimate of drug-likeness (QED) is 0.905. The number of piperazine rings is 1. The molecular weight excluding hydrogens is 258 g/mol. The van der Waals surface area contributed by atoms with E-state index in [0.29, 0.717) is 12.1 Å². The SMILES string of the molecule is Fc1ccc(N2CCNCC2c2ccccc2F)cc1. The molecule has 1 atom stereocenters. The molecule has 0 radical (unpaired) electrons. The van der Waals surface area contributed by atoms with Crippen LogP contribution in [0.2, 0.25) is 0 Å². The molecule has 2 nitrogen and oxygen atoms in total. The van der Waals surface area contributed by atoms with E-state index in [1.54, 1.807) is 18.2 Å². The molecule has 0 aromatic heterocycles. The van der Waals surface area contributed by atoms with Crippen molar-refractivity contribution in [2.45, 2.75) is 6.04 Å². The van der Waals surface area contributed by atoms with Gasteiger partial charge in [-0.2, -0.15) is 0 Å². The first-order valence-corrected chi connectivity index (χ1v) is 6.73. The van der Waals surface area contributed by atoms with Crippen LogP contribution in [0, 0.1) is 11.6 Å².